The molecule has 1 saturated carbocycles. The molecule has 6 heteroatoms. The number of nitrogens with zero attached hydrogens (tertiary/aromatic N) is 4. The van der Waals surface area contributed by atoms with Crippen molar-refractivity contribution in [2.75, 3.05) is 34.3 Å². The molecule has 1 aromatic heterocycles. The summed E-state index contributed by atoms with van der Waals surface area (Å²) >= 11 is 0. The molecule has 6 nitrogen and oxygen atoms in total. The lowest BCUT2D eigenvalue weighted by Crippen LogP contribution is -2.39. The first-order valence-corrected chi connectivity index (χ1v) is 10.1. The number of carbonyl (C=O) groups excluding carboxylic acids is 1. The average Bonchev–Trinajstić information content (AvgIpc) is 2.99. The molecular weight excluding hydrogens is 328 g/mol. The zero-order valence-electron chi connectivity index (χ0n) is 16.6. The van der Waals surface area contributed by atoms with Gasteiger partial charge in [-0.3, -0.25) is 9.48 Å². The molecule has 1 heterocycles. The van der Waals surface area contributed by atoms with Gasteiger partial charge in [-0.15, -0.1) is 0 Å². The third-order valence-corrected chi connectivity index (χ3v) is 6.16. The van der Waals surface area contributed by atoms with Crippen molar-refractivity contribution in [3.05, 3.63) is 17.0 Å². The van der Waals surface area contributed by atoms with Crippen LogP contribution in [0.2, 0.25) is 0 Å². The zero-order chi connectivity index (χ0) is 18.7. The molecule has 0 aliphatic heterocycles. The second kappa shape index (κ2) is 8.53. The van der Waals surface area contributed by atoms with E-state index in [9.17, 15) is 9.90 Å². The van der Waals surface area contributed by atoms with Crippen molar-refractivity contribution >= 4 is 5.91 Å². The van der Waals surface area contributed by atoms with Gasteiger partial charge < -0.3 is 14.9 Å². The topological polar surface area (TPSA) is 61.6 Å². The number of amides is 1. The van der Waals surface area contributed by atoms with E-state index >= 15 is 0 Å². The number of fused-ring (bicyclic) bond motifs is 1. The second-order valence-electron chi connectivity index (χ2n) is 8.26. The molecule has 146 valence electrons. The number of aromatic nitrogens is 2. The van der Waals surface area contributed by atoms with Gasteiger partial charge in [-0.25, -0.2) is 0 Å². The quantitative estimate of drug-likeness (QED) is 0.840. The summed E-state index contributed by atoms with van der Waals surface area (Å²) in [5.74, 6) is 0.707. The van der Waals surface area contributed by atoms with Crippen LogP contribution >= 0.6 is 0 Å². The molecule has 0 aromatic carbocycles. The van der Waals surface area contributed by atoms with E-state index in [2.05, 4.69) is 16.6 Å². The second-order valence-corrected chi connectivity index (χ2v) is 8.26. The van der Waals surface area contributed by atoms with Crippen LogP contribution in [-0.4, -0.2) is 70.9 Å². The van der Waals surface area contributed by atoms with E-state index < -0.39 is 0 Å². The summed E-state index contributed by atoms with van der Waals surface area (Å²) in [6, 6.07) is 0.371. The number of hydrogen-bond acceptors (Lipinski definition) is 4. The summed E-state index contributed by atoms with van der Waals surface area (Å²) in [5.41, 5.74) is 3.05. The summed E-state index contributed by atoms with van der Waals surface area (Å²) in [4.78, 5) is 16.6. The summed E-state index contributed by atoms with van der Waals surface area (Å²) in [5, 5.41) is 14.1. The molecule has 1 fully saturated rings. The highest BCUT2D eigenvalue weighted by molar-refractivity contribution is 5.93. The molecular formula is C20H34N4O2. The van der Waals surface area contributed by atoms with Crippen LogP contribution in [0.1, 0.15) is 60.3 Å². The number of carbonyl (C=O) groups is 1. The van der Waals surface area contributed by atoms with E-state index in [-0.39, 0.29) is 12.5 Å². The van der Waals surface area contributed by atoms with E-state index in [1.54, 1.807) is 19.0 Å². The molecule has 1 aromatic rings. The Morgan fingerprint density at radius 1 is 1.19 bits per heavy atom. The van der Waals surface area contributed by atoms with Crippen LogP contribution in [-0.2, 0) is 19.4 Å². The van der Waals surface area contributed by atoms with Gasteiger partial charge in [-0.1, -0.05) is 19.3 Å². The lowest BCUT2D eigenvalue weighted by atomic mass is 9.88. The summed E-state index contributed by atoms with van der Waals surface area (Å²) < 4.78 is 2.16. The van der Waals surface area contributed by atoms with Crippen molar-refractivity contribution in [2.45, 2.75) is 64.0 Å². The molecule has 1 amide bonds. The minimum Gasteiger partial charge on any atom is -0.395 e. The maximum absolute atomic E-state index is 12.7. The largest absolute Gasteiger partial charge is 0.395 e. The molecule has 1 atom stereocenters. The molecule has 2 aliphatic rings. The van der Waals surface area contributed by atoms with Crippen LogP contribution in [0.4, 0.5) is 0 Å². The highest BCUT2D eigenvalue weighted by Crippen LogP contribution is 2.30. The number of rotatable bonds is 6. The molecule has 0 unspecified atom stereocenters. The monoisotopic (exact) mass is 362 g/mol. The van der Waals surface area contributed by atoms with Crippen LogP contribution in [0.3, 0.4) is 0 Å². The Labute approximate surface area is 157 Å². The third kappa shape index (κ3) is 4.12. The van der Waals surface area contributed by atoms with Crippen molar-refractivity contribution in [2.24, 2.45) is 5.92 Å². The Morgan fingerprint density at radius 3 is 2.58 bits per heavy atom. The first-order chi connectivity index (χ1) is 12.5. The third-order valence-electron chi connectivity index (χ3n) is 6.16. The van der Waals surface area contributed by atoms with E-state index in [0.29, 0.717) is 24.2 Å². The normalized spacial score (nSPS) is 21.0. The van der Waals surface area contributed by atoms with Gasteiger partial charge >= 0.3 is 0 Å². The zero-order valence-corrected chi connectivity index (χ0v) is 16.6. The van der Waals surface area contributed by atoms with Gasteiger partial charge in [0.1, 0.15) is 0 Å². The van der Waals surface area contributed by atoms with E-state index in [4.69, 9.17) is 5.10 Å². The lowest BCUT2D eigenvalue weighted by Gasteiger charge is -2.31. The van der Waals surface area contributed by atoms with Crippen LogP contribution < -0.4 is 0 Å². The number of aliphatic hydroxyl groups is 1. The minimum absolute atomic E-state index is 0.00843. The SMILES string of the molecule is CN(C)C(=O)c1nn(CC2CCCCC2)c2c1C[C@@H](N(C)CCO)CC2. The van der Waals surface area contributed by atoms with Gasteiger partial charge in [0.05, 0.1) is 6.61 Å². The van der Waals surface area contributed by atoms with Gasteiger partial charge in [0.2, 0.25) is 0 Å². The van der Waals surface area contributed by atoms with Crippen LogP contribution in [0.25, 0.3) is 0 Å². The predicted molar refractivity (Wildman–Crippen MR) is 102 cm³/mol. The van der Waals surface area contributed by atoms with E-state index in [1.807, 2.05) is 0 Å². The van der Waals surface area contributed by atoms with Crippen LogP contribution in [0, 0.1) is 5.92 Å². The van der Waals surface area contributed by atoms with Crippen molar-refractivity contribution in [3.63, 3.8) is 0 Å². The standard InChI is InChI=1S/C20H34N4O2/c1-22(2)20(26)19-17-13-16(23(3)11-12-25)9-10-18(17)24(21-19)14-15-7-5-4-6-8-15/h15-16,25H,4-14H2,1-3H3/t16-/m0/s1. The molecule has 0 saturated heterocycles. The molecule has 0 spiro atoms. The highest BCUT2D eigenvalue weighted by atomic mass is 16.3. The van der Waals surface area contributed by atoms with Gasteiger partial charge in [0.15, 0.2) is 5.69 Å². The highest BCUT2D eigenvalue weighted by Gasteiger charge is 2.31. The molecule has 2 aliphatic carbocycles. The summed E-state index contributed by atoms with van der Waals surface area (Å²) in [7, 11) is 5.66. The van der Waals surface area contributed by atoms with Crippen molar-refractivity contribution < 1.29 is 9.90 Å². The van der Waals surface area contributed by atoms with Crippen molar-refractivity contribution in [1.29, 1.82) is 0 Å². The lowest BCUT2D eigenvalue weighted by molar-refractivity contribution is 0.0818. The smallest absolute Gasteiger partial charge is 0.274 e. The fourth-order valence-corrected chi connectivity index (χ4v) is 4.53. The van der Waals surface area contributed by atoms with Gasteiger partial charge in [0, 0.05) is 44.5 Å². The Balaban J connectivity index is 1.86. The fraction of sp³-hybridized carbons (Fsp3) is 0.800. The first-order valence-electron chi connectivity index (χ1n) is 10.1. The first kappa shape index (κ1) is 19.4. The molecule has 0 radical (unpaired) electrons. The number of likely N-dealkylation sites (N-methyl/N-ethyl adjacent to an activating group) is 1. The molecule has 1 N–H and O–H groups in total. The Hall–Kier alpha value is -1.40. The Bertz CT molecular complexity index is 620. The van der Waals surface area contributed by atoms with Gasteiger partial charge in [-0.05, 0) is 45.1 Å². The maximum atomic E-state index is 12.7. The number of aliphatic hydroxyl groups excluding tert-OH is 1. The Kier molecular flexibility index (Phi) is 6.35. The molecule has 3 rings (SSSR count). The van der Waals surface area contributed by atoms with E-state index in [1.165, 1.54) is 37.8 Å². The Morgan fingerprint density at radius 2 is 1.92 bits per heavy atom. The summed E-state index contributed by atoms with van der Waals surface area (Å²) in [6.07, 6.45) is 9.46. The van der Waals surface area contributed by atoms with Gasteiger partial charge in [-0.2, -0.15) is 5.10 Å². The van der Waals surface area contributed by atoms with Crippen molar-refractivity contribution in [3.8, 4) is 0 Å². The van der Waals surface area contributed by atoms with Crippen LogP contribution in [0.15, 0.2) is 0 Å². The maximum Gasteiger partial charge on any atom is 0.274 e. The summed E-state index contributed by atoms with van der Waals surface area (Å²) in [6.45, 7) is 1.80. The van der Waals surface area contributed by atoms with Gasteiger partial charge in [0.25, 0.3) is 5.91 Å². The van der Waals surface area contributed by atoms with E-state index in [0.717, 1.165) is 31.4 Å². The fourth-order valence-electron chi connectivity index (χ4n) is 4.53. The molecule has 0 bridgehead atoms. The van der Waals surface area contributed by atoms with Crippen molar-refractivity contribution in [1.82, 2.24) is 19.6 Å². The number of hydrogen-bond donors (Lipinski definition) is 1. The predicted octanol–water partition coefficient (Wildman–Crippen LogP) is 1.95. The average molecular weight is 363 g/mol. The minimum atomic E-state index is 0.00843. The molecule has 26 heavy (non-hydrogen) atoms. The van der Waals surface area contributed by atoms with Crippen LogP contribution in [0.5, 0.6) is 0 Å².